The fraction of sp³-hybridized carbons (Fsp3) is 0.294. The number of hydrogen-bond donors (Lipinski definition) is 0. The highest BCUT2D eigenvalue weighted by Gasteiger charge is 2.24. The van der Waals surface area contributed by atoms with Crippen molar-refractivity contribution in [3.63, 3.8) is 0 Å². The second-order valence-corrected chi connectivity index (χ2v) is 5.09. The molecule has 3 rings (SSSR count). The van der Waals surface area contributed by atoms with E-state index >= 15 is 0 Å². The molecule has 1 aliphatic rings. The highest BCUT2D eigenvalue weighted by molar-refractivity contribution is 6.04. The number of anilines is 1. The lowest BCUT2D eigenvalue weighted by atomic mass is 10.2. The molecule has 0 atom stereocenters. The maximum Gasteiger partial charge on any atom is 0.282 e. The van der Waals surface area contributed by atoms with Gasteiger partial charge in [0.1, 0.15) is 0 Å². The maximum absolute atomic E-state index is 12.8. The Kier molecular flexibility index (Phi) is 4.78. The van der Waals surface area contributed by atoms with Gasteiger partial charge in [0, 0.05) is 31.2 Å². The average Bonchev–Trinajstić information content (AvgIpc) is 2.61. The number of ether oxygens (including phenoxy) is 1. The summed E-state index contributed by atoms with van der Waals surface area (Å²) >= 11 is 0. The van der Waals surface area contributed by atoms with Crippen LogP contribution in [0.3, 0.4) is 0 Å². The summed E-state index contributed by atoms with van der Waals surface area (Å²) in [5.41, 5.74) is 1.27. The third kappa shape index (κ3) is 3.50. The van der Waals surface area contributed by atoms with Gasteiger partial charge in [0.25, 0.3) is 5.91 Å². The van der Waals surface area contributed by atoms with E-state index in [4.69, 9.17) is 9.57 Å². The molecule has 0 unspecified atom stereocenters. The number of carbonyl (C=O) groups is 1. The van der Waals surface area contributed by atoms with Gasteiger partial charge in [-0.15, -0.1) is 0 Å². The van der Waals surface area contributed by atoms with Gasteiger partial charge in [-0.05, 0) is 37.1 Å². The second-order valence-electron chi connectivity index (χ2n) is 5.09. The summed E-state index contributed by atoms with van der Waals surface area (Å²) < 4.78 is 5.34. The minimum absolute atomic E-state index is 0.0141. The van der Waals surface area contributed by atoms with Crippen LogP contribution < -0.4 is 5.06 Å². The fourth-order valence-corrected chi connectivity index (χ4v) is 2.33. The first-order valence-electron chi connectivity index (χ1n) is 7.38. The van der Waals surface area contributed by atoms with Crippen molar-refractivity contribution in [3.05, 3.63) is 60.4 Å². The molecule has 0 N–H and O–H groups in total. The van der Waals surface area contributed by atoms with Crippen molar-refractivity contribution in [2.24, 2.45) is 0 Å². The molecule has 2 aromatic rings. The zero-order chi connectivity index (χ0) is 15.2. The van der Waals surface area contributed by atoms with Gasteiger partial charge in [0.05, 0.1) is 11.8 Å². The molecule has 5 heteroatoms. The lowest BCUT2D eigenvalue weighted by Crippen LogP contribution is -2.37. The summed E-state index contributed by atoms with van der Waals surface area (Å²) in [6, 6.07) is 12.8. The molecule has 22 heavy (non-hydrogen) atoms. The van der Waals surface area contributed by atoms with Crippen LogP contribution in [0.25, 0.3) is 0 Å². The van der Waals surface area contributed by atoms with Crippen LogP contribution in [0, 0.1) is 0 Å². The lowest BCUT2D eigenvalue weighted by Gasteiger charge is -2.29. The molecule has 1 aromatic heterocycles. The Morgan fingerprint density at radius 3 is 2.45 bits per heavy atom. The Balaban J connectivity index is 1.84. The Morgan fingerprint density at radius 1 is 1.09 bits per heavy atom. The number of rotatable bonds is 4. The van der Waals surface area contributed by atoms with Crippen molar-refractivity contribution in [2.75, 3.05) is 18.3 Å². The SMILES string of the molecule is O=C(c1ccncc1)N(OC1CCOCC1)c1ccccc1. The van der Waals surface area contributed by atoms with Gasteiger partial charge < -0.3 is 4.74 Å². The number of para-hydroxylation sites is 1. The van der Waals surface area contributed by atoms with Crippen LogP contribution in [-0.2, 0) is 9.57 Å². The molecule has 1 aromatic carbocycles. The molecule has 5 nitrogen and oxygen atoms in total. The van der Waals surface area contributed by atoms with E-state index in [1.54, 1.807) is 24.5 Å². The average molecular weight is 298 g/mol. The first-order chi connectivity index (χ1) is 10.8. The third-order valence-corrected chi connectivity index (χ3v) is 3.53. The van der Waals surface area contributed by atoms with Gasteiger partial charge in [0.2, 0.25) is 0 Å². The molecule has 0 spiro atoms. The van der Waals surface area contributed by atoms with Crippen molar-refractivity contribution in [2.45, 2.75) is 18.9 Å². The van der Waals surface area contributed by atoms with Gasteiger partial charge in [-0.25, -0.2) is 0 Å². The molecule has 1 fully saturated rings. The summed E-state index contributed by atoms with van der Waals surface area (Å²) in [6.07, 6.45) is 4.76. The molecule has 0 aliphatic carbocycles. The fourth-order valence-electron chi connectivity index (χ4n) is 2.33. The molecule has 0 bridgehead atoms. The Labute approximate surface area is 129 Å². The van der Waals surface area contributed by atoms with Crippen LogP contribution in [0.4, 0.5) is 5.69 Å². The monoisotopic (exact) mass is 298 g/mol. The maximum atomic E-state index is 12.8. The third-order valence-electron chi connectivity index (χ3n) is 3.53. The normalized spacial score (nSPS) is 15.5. The number of amides is 1. The minimum Gasteiger partial charge on any atom is -0.381 e. The molecule has 2 heterocycles. The highest BCUT2D eigenvalue weighted by Crippen LogP contribution is 2.21. The predicted octanol–water partition coefficient (Wildman–Crippen LogP) is 2.84. The van der Waals surface area contributed by atoms with E-state index in [0.717, 1.165) is 18.5 Å². The van der Waals surface area contributed by atoms with Gasteiger partial charge in [-0.1, -0.05) is 18.2 Å². The smallest absolute Gasteiger partial charge is 0.282 e. The van der Waals surface area contributed by atoms with Gasteiger partial charge >= 0.3 is 0 Å². The zero-order valence-corrected chi connectivity index (χ0v) is 12.2. The minimum atomic E-state index is -0.194. The molecule has 1 aliphatic heterocycles. The molecular weight excluding hydrogens is 280 g/mol. The number of hydrogen-bond acceptors (Lipinski definition) is 4. The standard InChI is InChI=1S/C17H18N2O3/c20-17(14-6-10-18-11-7-14)19(15-4-2-1-3-5-15)22-16-8-12-21-13-9-16/h1-7,10-11,16H,8-9,12-13H2. The van der Waals surface area contributed by atoms with Gasteiger partial charge in [-0.3, -0.25) is 14.6 Å². The molecule has 114 valence electrons. The van der Waals surface area contributed by atoms with E-state index in [-0.39, 0.29) is 12.0 Å². The van der Waals surface area contributed by atoms with E-state index in [1.807, 2.05) is 30.3 Å². The Morgan fingerprint density at radius 2 is 1.77 bits per heavy atom. The van der Waals surface area contributed by atoms with Crippen LogP contribution in [0.1, 0.15) is 23.2 Å². The number of hydroxylamine groups is 1. The second kappa shape index (κ2) is 7.15. The van der Waals surface area contributed by atoms with E-state index in [2.05, 4.69) is 4.98 Å². The number of carbonyl (C=O) groups excluding carboxylic acids is 1. The predicted molar refractivity (Wildman–Crippen MR) is 82.4 cm³/mol. The highest BCUT2D eigenvalue weighted by atomic mass is 16.7. The first kappa shape index (κ1) is 14.7. The van der Waals surface area contributed by atoms with Crippen LogP contribution in [0.15, 0.2) is 54.9 Å². The summed E-state index contributed by atoms with van der Waals surface area (Å²) in [7, 11) is 0. The van der Waals surface area contributed by atoms with Crippen LogP contribution in [-0.4, -0.2) is 30.2 Å². The van der Waals surface area contributed by atoms with E-state index < -0.39 is 0 Å². The van der Waals surface area contributed by atoms with Crippen molar-refractivity contribution in [1.29, 1.82) is 0 Å². The summed E-state index contributed by atoms with van der Waals surface area (Å²) in [6.45, 7) is 1.33. The first-order valence-corrected chi connectivity index (χ1v) is 7.38. The van der Waals surface area contributed by atoms with Crippen molar-refractivity contribution in [3.8, 4) is 0 Å². The number of benzene rings is 1. The zero-order valence-electron chi connectivity index (χ0n) is 12.2. The van der Waals surface area contributed by atoms with E-state index in [1.165, 1.54) is 5.06 Å². The largest absolute Gasteiger partial charge is 0.381 e. The van der Waals surface area contributed by atoms with Crippen molar-refractivity contribution >= 4 is 11.6 Å². The van der Waals surface area contributed by atoms with Crippen LogP contribution in [0.2, 0.25) is 0 Å². The molecular formula is C17H18N2O3. The van der Waals surface area contributed by atoms with Crippen molar-refractivity contribution < 1.29 is 14.4 Å². The van der Waals surface area contributed by atoms with E-state index in [9.17, 15) is 4.79 Å². The van der Waals surface area contributed by atoms with Gasteiger partial charge in [0.15, 0.2) is 0 Å². The molecule has 1 saturated heterocycles. The van der Waals surface area contributed by atoms with Crippen LogP contribution >= 0.6 is 0 Å². The summed E-state index contributed by atoms with van der Waals surface area (Å²) in [4.78, 5) is 22.7. The summed E-state index contributed by atoms with van der Waals surface area (Å²) in [5.74, 6) is -0.194. The quantitative estimate of drug-likeness (QED) is 0.814. The van der Waals surface area contributed by atoms with Crippen LogP contribution in [0.5, 0.6) is 0 Å². The van der Waals surface area contributed by atoms with Gasteiger partial charge in [-0.2, -0.15) is 5.06 Å². The lowest BCUT2D eigenvalue weighted by molar-refractivity contribution is -0.0376. The number of aromatic nitrogens is 1. The molecule has 0 radical (unpaired) electrons. The Bertz CT molecular complexity index is 598. The Hall–Kier alpha value is -2.24. The molecule has 0 saturated carbocycles. The number of nitrogens with zero attached hydrogens (tertiary/aromatic N) is 2. The van der Waals surface area contributed by atoms with E-state index in [0.29, 0.717) is 18.8 Å². The molecule has 1 amide bonds. The van der Waals surface area contributed by atoms with Crippen molar-refractivity contribution in [1.82, 2.24) is 4.98 Å². The number of pyridine rings is 1. The summed E-state index contributed by atoms with van der Waals surface area (Å²) in [5, 5.41) is 1.38. The topological polar surface area (TPSA) is 51.7 Å².